The van der Waals surface area contributed by atoms with Crippen molar-refractivity contribution in [2.75, 3.05) is 0 Å². The van der Waals surface area contributed by atoms with Crippen LogP contribution in [0.2, 0.25) is 0 Å². The van der Waals surface area contributed by atoms with Crippen LogP contribution in [-0.4, -0.2) is 69.9 Å². The van der Waals surface area contributed by atoms with Crippen LogP contribution in [0, 0.1) is 0 Å². The van der Waals surface area contributed by atoms with E-state index in [0.29, 0.717) is 65.2 Å². The fourth-order valence-corrected chi connectivity index (χ4v) is 9.32. The van der Waals surface area contributed by atoms with Crippen LogP contribution in [0.15, 0.2) is 158 Å². The third kappa shape index (κ3) is 6.95. The monoisotopic (exact) mass is 789 g/mol. The zero-order valence-electron chi connectivity index (χ0n) is 33.3. The van der Waals surface area contributed by atoms with Crippen molar-refractivity contribution in [2.24, 2.45) is 0 Å². The second-order valence-corrected chi connectivity index (χ2v) is 16.2. The van der Waals surface area contributed by atoms with Crippen LogP contribution in [0.3, 0.4) is 0 Å². The lowest BCUT2D eigenvalue weighted by Crippen LogP contribution is -2.47. The third-order valence-electron chi connectivity index (χ3n) is 11.4. The first-order valence-electron chi connectivity index (χ1n) is 19.9. The van der Waals surface area contributed by atoms with Crippen LogP contribution in [-0.2, 0) is 0 Å². The lowest BCUT2D eigenvalue weighted by molar-refractivity contribution is 1.07. The number of hydrogen-bond donors (Lipinski definition) is 0. The molecule has 10 aromatic rings. The summed E-state index contributed by atoms with van der Waals surface area (Å²) in [6.07, 6.45) is 0. The molecule has 11 heteroatoms. The summed E-state index contributed by atoms with van der Waals surface area (Å²) in [6, 6.07) is 53.2. The van der Waals surface area contributed by atoms with Gasteiger partial charge < -0.3 is 0 Å². The second kappa shape index (κ2) is 16.0. The zero-order valence-corrected chi connectivity index (χ0v) is 34.1. The van der Waals surface area contributed by atoms with E-state index in [1.165, 1.54) is 11.3 Å². The minimum Gasteiger partial charge on any atom is -0.208 e. The van der Waals surface area contributed by atoms with E-state index in [0.717, 1.165) is 50.1 Å². The van der Waals surface area contributed by atoms with Crippen molar-refractivity contribution in [2.45, 2.75) is 0 Å². The number of thiophene rings is 1. The van der Waals surface area contributed by atoms with Gasteiger partial charge in [-0.25, -0.2) is 15.0 Å². The topological polar surface area (TPSA) is 38.7 Å². The highest BCUT2D eigenvalue weighted by atomic mass is 32.1. The summed E-state index contributed by atoms with van der Waals surface area (Å²) in [5.74, 6) is 1.50. The number of rotatable bonds is 7. The van der Waals surface area contributed by atoms with E-state index in [9.17, 15) is 0 Å². The lowest BCUT2D eigenvalue weighted by Gasteiger charge is -2.19. The average Bonchev–Trinajstić information content (AvgIpc) is 3.74. The molecule has 0 saturated heterocycles. The van der Waals surface area contributed by atoms with E-state index in [4.69, 9.17) is 69.9 Å². The van der Waals surface area contributed by atoms with Gasteiger partial charge in [0.25, 0.3) is 0 Å². The fourth-order valence-electron chi connectivity index (χ4n) is 8.06. The van der Waals surface area contributed by atoms with Gasteiger partial charge in [-0.3, -0.25) is 0 Å². The molecule has 0 bridgehead atoms. The molecule has 0 atom stereocenters. The van der Waals surface area contributed by atoms with Crippen LogP contribution in [0.5, 0.6) is 0 Å². The predicted molar refractivity (Wildman–Crippen MR) is 268 cm³/mol. The number of hydrogen-bond acceptors (Lipinski definition) is 4. The quantitative estimate of drug-likeness (QED) is 0.202. The summed E-state index contributed by atoms with van der Waals surface area (Å²) < 4.78 is 1.30. The third-order valence-corrected chi connectivity index (χ3v) is 12.6. The summed E-state index contributed by atoms with van der Waals surface area (Å²) in [6.45, 7) is 0. The molecule has 0 amide bonds. The molecule has 0 aliphatic carbocycles. The predicted octanol–water partition coefficient (Wildman–Crippen LogP) is 5.47. The zero-order chi connectivity index (χ0) is 42.6. The average molecular weight is 789 g/mol. The van der Waals surface area contributed by atoms with E-state index in [1.54, 1.807) is 0 Å². The molecule has 14 radical (unpaired) electrons. The first kappa shape index (κ1) is 39.6. The first-order chi connectivity index (χ1) is 30.1. The first-order valence-corrected chi connectivity index (χ1v) is 20.7. The summed E-state index contributed by atoms with van der Waals surface area (Å²) in [5.41, 5.74) is 11.9. The van der Waals surface area contributed by atoms with Gasteiger partial charge >= 0.3 is 0 Å². The SMILES string of the molecule is [B]c1c([B])c([B])c2c(sc3c([B])c(-c4cc(-c5ccccc5)cc(-c5nc(-c6ccc(-c7ccccc7)cc6)nc(-c6ccc(-c7ccccc7)cc6)n5)c4)c([B])c([B])c32)c1[B]. The smallest absolute Gasteiger partial charge is 0.164 e. The molecular formula is C51H26B7N3S. The van der Waals surface area contributed by atoms with Crippen molar-refractivity contribution in [3.8, 4) is 78.7 Å². The molecule has 0 aliphatic heterocycles. The summed E-state index contributed by atoms with van der Waals surface area (Å²) >= 11 is 1.35. The lowest BCUT2D eigenvalue weighted by atomic mass is 9.64. The molecule has 0 fully saturated rings. The van der Waals surface area contributed by atoms with Gasteiger partial charge in [0.05, 0.1) is 0 Å². The summed E-state index contributed by atoms with van der Waals surface area (Å²) in [5, 5.41) is 1.16. The van der Waals surface area contributed by atoms with E-state index in [1.807, 2.05) is 103 Å². The van der Waals surface area contributed by atoms with Gasteiger partial charge in [-0.15, -0.1) is 22.3 Å². The van der Waals surface area contributed by atoms with Crippen LogP contribution < -0.4 is 38.2 Å². The Balaban J connectivity index is 1.19. The van der Waals surface area contributed by atoms with Crippen molar-refractivity contribution in [3.63, 3.8) is 0 Å². The van der Waals surface area contributed by atoms with Gasteiger partial charge in [0, 0.05) is 26.1 Å². The van der Waals surface area contributed by atoms with Gasteiger partial charge in [0.2, 0.25) is 0 Å². The van der Waals surface area contributed by atoms with Crippen LogP contribution in [0.1, 0.15) is 0 Å². The Bertz CT molecular complexity index is 3240. The van der Waals surface area contributed by atoms with Gasteiger partial charge in [-0.05, 0) is 73.5 Å². The van der Waals surface area contributed by atoms with Crippen molar-refractivity contribution in [1.82, 2.24) is 15.0 Å². The maximum atomic E-state index is 7.14. The highest BCUT2D eigenvalue weighted by molar-refractivity contribution is 7.28. The van der Waals surface area contributed by atoms with Crippen molar-refractivity contribution in [3.05, 3.63) is 158 Å². The van der Waals surface area contributed by atoms with Gasteiger partial charge in [-0.1, -0.05) is 167 Å². The van der Waals surface area contributed by atoms with Crippen molar-refractivity contribution in [1.29, 1.82) is 0 Å². The molecule has 0 aliphatic rings. The molecule has 3 nitrogen and oxygen atoms in total. The Kier molecular flexibility index (Phi) is 10.2. The van der Waals surface area contributed by atoms with E-state index < -0.39 is 0 Å². The fraction of sp³-hybridized carbons (Fsp3) is 0. The van der Waals surface area contributed by atoms with Crippen molar-refractivity contribution >= 4 is 125 Å². The molecule has 0 unspecified atom stereocenters. The largest absolute Gasteiger partial charge is 0.208 e. The molecule has 62 heavy (non-hydrogen) atoms. The van der Waals surface area contributed by atoms with E-state index >= 15 is 0 Å². The van der Waals surface area contributed by atoms with E-state index in [-0.39, 0.29) is 21.9 Å². The molecule has 10 rings (SSSR count). The molecule has 272 valence electrons. The summed E-state index contributed by atoms with van der Waals surface area (Å²) in [7, 11) is 46.7. The number of benzene rings is 8. The summed E-state index contributed by atoms with van der Waals surface area (Å²) in [4.78, 5) is 15.4. The normalized spacial score (nSPS) is 11.4. The number of fused-ring (bicyclic) bond motifs is 3. The van der Waals surface area contributed by atoms with Gasteiger partial charge in [-0.2, -0.15) is 0 Å². The van der Waals surface area contributed by atoms with Gasteiger partial charge in [0.1, 0.15) is 54.9 Å². The molecule has 0 N–H and O–H groups in total. The molecule has 8 aromatic carbocycles. The highest BCUT2D eigenvalue weighted by Gasteiger charge is 2.22. The standard InChI is InChI=1S/C51H26B7N3S/c52-40-37(43(55)47-38(41(40)53)39-42(54)44(56)45(57)46(58)48(39)62-47)35-24-34(29-14-8-3-9-15-29)25-36(26-35)51-60-49(32-20-16-30(17-21-32)27-10-4-1-5-11-27)59-50(61-51)33-22-18-31(19-23-33)28-12-6-2-7-13-28/h1-26H. The Morgan fingerprint density at radius 3 is 1.10 bits per heavy atom. The molecule has 0 spiro atoms. The Labute approximate surface area is 374 Å². The Hall–Kier alpha value is -6.56. The van der Waals surface area contributed by atoms with Crippen LogP contribution in [0.4, 0.5) is 0 Å². The van der Waals surface area contributed by atoms with Crippen LogP contribution >= 0.6 is 11.3 Å². The highest BCUT2D eigenvalue weighted by Crippen LogP contribution is 2.36. The van der Waals surface area contributed by atoms with Crippen molar-refractivity contribution < 1.29 is 0 Å². The van der Waals surface area contributed by atoms with Crippen LogP contribution in [0.25, 0.3) is 98.8 Å². The molecular weight excluding hydrogens is 762 g/mol. The maximum absolute atomic E-state index is 7.14. The van der Waals surface area contributed by atoms with Gasteiger partial charge in [0.15, 0.2) is 17.5 Å². The number of aromatic nitrogens is 3. The molecule has 2 aromatic heterocycles. The Morgan fingerprint density at radius 2 is 0.613 bits per heavy atom. The Morgan fingerprint density at radius 1 is 0.274 bits per heavy atom. The molecule has 2 heterocycles. The minimum atomic E-state index is 0.186. The second-order valence-electron chi connectivity index (χ2n) is 15.1. The number of nitrogens with zero attached hydrogens (tertiary/aromatic N) is 3. The maximum Gasteiger partial charge on any atom is 0.164 e. The van der Waals surface area contributed by atoms with E-state index in [2.05, 4.69) is 54.6 Å². The molecule has 0 saturated carbocycles. The minimum absolute atomic E-state index is 0.186.